The first-order valence-electron chi connectivity index (χ1n) is 10.4. The summed E-state index contributed by atoms with van der Waals surface area (Å²) in [5.41, 5.74) is 4.45. The Balaban J connectivity index is 1.58. The number of hydrogen-bond donors (Lipinski definition) is 3. The standard InChI is InChI=1S/C26H22N2O3/c29-15-19-14-23(25(30)27-19)17-10-11-18-13-24(28-26(31)22(18)12-17)21-9-5-4-8-20(21)16-6-2-1-3-7-16/h1-13,19,23,29H,14-15H2,(H,27,30)(H,28,31)/t19?,23-/m1/s1. The fourth-order valence-corrected chi connectivity index (χ4v) is 4.39. The smallest absolute Gasteiger partial charge is 0.256 e. The Morgan fingerprint density at radius 3 is 2.35 bits per heavy atom. The van der Waals surface area contributed by atoms with Gasteiger partial charge < -0.3 is 15.4 Å². The first kappa shape index (κ1) is 19.3. The fraction of sp³-hybridized carbons (Fsp3) is 0.154. The lowest BCUT2D eigenvalue weighted by Gasteiger charge is -2.12. The summed E-state index contributed by atoms with van der Waals surface area (Å²) in [6.07, 6.45) is 0.529. The Kier molecular flexibility index (Phi) is 4.88. The predicted molar refractivity (Wildman–Crippen MR) is 122 cm³/mol. The van der Waals surface area contributed by atoms with Crippen LogP contribution in [-0.2, 0) is 4.79 Å². The van der Waals surface area contributed by atoms with Crippen LogP contribution in [0, 0.1) is 0 Å². The van der Waals surface area contributed by atoms with E-state index in [1.54, 1.807) is 6.07 Å². The van der Waals surface area contributed by atoms with Gasteiger partial charge in [-0.2, -0.15) is 0 Å². The van der Waals surface area contributed by atoms with Crippen LogP contribution < -0.4 is 10.9 Å². The van der Waals surface area contributed by atoms with Gasteiger partial charge in [-0.05, 0) is 40.6 Å². The summed E-state index contributed by atoms with van der Waals surface area (Å²) in [6, 6.07) is 25.4. The van der Waals surface area contributed by atoms with E-state index in [9.17, 15) is 14.7 Å². The second-order valence-corrected chi connectivity index (χ2v) is 7.95. The maximum atomic E-state index is 13.0. The van der Waals surface area contributed by atoms with E-state index < -0.39 is 0 Å². The Labute approximate surface area is 179 Å². The highest BCUT2D eigenvalue weighted by atomic mass is 16.3. The number of nitrogens with one attached hydrogen (secondary N) is 2. The molecule has 0 spiro atoms. The van der Waals surface area contributed by atoms with Crippen molar-refractivity contribution in [1.82, 2.24) is 10.3 Å². The van der Waals surface area contributed by atoms with Crippen molar-refractivity contribution >= 4 is 16.7 Å². The molecular formula is C26H22N2O3. The highest BCUT2D eigenvalue weighted by Crippen LogP contribution is 2.33. The number of rotatable bonds is 4. The second kappa shape index (κ2) is 7.85. The van der Waals surface area contributed by atoms with Gasteiger partial charge in [-0.15, -0.1) is 0 Å². The summed E-state index contributed by atoms with van der Waals surface area (Å²) in [4.78, 5) is 28.3. The summed E-state index contributed by atoms with van der Waals surface area (Å²) in [5, 5.41) is 13.5. The molecule has 5 rings (SSSR count). The van der Waals surface area contributed by atoms with Crippen LogP contribution in [0.15, 0.2) is 83.7 Å². The summed E-state index contributed by atoms with van der Waals surface area (Å²) in [7, 11) is 0. The fourth-order valence-electron chi connectivity index (χ4n) is 4.39. The van der Waals surface area contributed by atoms with Crippen molar-refractivity contribution in [2.24, 2.45) is 0 Å². The number of aromatic nitrogens is 1. The van der Waals surface area contributed by atoms with E-state index in [4.69, 9.17) is 0 Å². The number of carbonyl (C=O) groups excluding carboxylic acids is 1. The van der Waals surface area contributed by atoms with Gasteiger partial charge in [0.25, 0.3) is 5.56 Å². The van der Waals surface area contributed by atoms with E-state index in [1.807, 2.05) is 60.7 Å². The topological polar surface area (TPSA) is 82.2 Å². The van der Waals surface area contributed by atoms with Gasteiger partial charge in [0.15, 0.2) is 0 Å². The summed E-state index contributed by atoms with van der Waals surface area (Å²) >= 11 is 0. The summed E-state index contributed by atoms with van der Waals surface area (Å²) in [5.74, 6) is -0.456. The van der Waals surface area contributed by atoms with Gasteiger partial charge >= 0.3 is 0 Å². The largest absolute Gasteiger partial charge is 0.394 e. The maximum Gasteiger partial charge on any atom is 0.256 e. The molecule has 1 fully saturated rings. The van der Waals surface area contributed by atoms with Gasteiger partial charge in [0.05, 0.1) is 18.6 Å². The second-order valence-electron chi connectivity index (χ2n) is 7.95. The normalized spacial score (nSPS) is 18.3. The van der Waals surface area contributed by atoms with E-state index in [0.717, 1.165) is 33.3 Å². The molecule has 0 radical (unpaired) electrons. The zero-order chi connectivity index (χ0) is 21.4. The third-order valence-electron chi connectivity index (χ3n) is 5.98. The minimum Gasteiger partial charge on any atom is -0.394 e. The molecule has 3 aromatic carbocycles. The first-order valence-corrected chi connectivity index (χ1v) is 10.4. The van der Waals surface area contributed by atoms with Crippen LogP contribution in [0.5, 0.6) is 0 Å². The molecule has 1 aromatic heterocycles. The molecular weight excluding hydrogens is 388 g/mol. The number of H-pyrrole nitrogens is 1. The predicted octanol–water partition coefficient (Wildman–Crippen LogP) is 3.83. The zero-order valence-electron chi connectivity index (χ0n) is 16.8. The Bertz CT molecular complexity index is 1330. The van der Waals surface area contributed by atoms with Crippen molar-refractivity contribution < 1.29 is 9.90 Å². The number of benzene rings is 3. The van der Waals surface area contributed by atoms with Gasteiger partial charge in [-0.3, -0.25) is 9.59 Å². The molecule has 154 valence electrons. The third-order valence-corrected chi connectivity index (χ3v) is 5.98. The summed E-state index contributed by atoms with van der Waals surface area (Å²) < 4.78 is 0. The molecule has 0 aliphatic carbocycles. The molecule has 5 heteroatoms. The van der Waals surface area contributed by atoms with Crippen molar-refractivity contribution in [2.75, 3.05) is 6.61 Å². The lowest BCUT2D eigenvalue weighted by atomic mass is 9.93. The number of hydrogen-bond acceptors (Lipinski definition) is 3. The Morgan fingerprint density at radius 2 is 1.61 bits per heavy atom. The maximum absolute atomic E-state index is 13.0. The SMILES string of the molecule is O=C1NC(CO)C[C@@H]1c1ccc2cc(-c3ccccc3-c3ccccc3)[nH]c(=O)c2c1. The van der Waals surface area contributed by atoms with Gasteiger partial charge in [0.1, 0.15) is 0 Å². The lowest BCUT2D eigenvalue weighted by molar-refractivity contribution is -0.120. The van der Waals surface area contributed by atoms with Gasteiger partial charge in [0, 0.05) is 16.6 Å². The van der Waals surface area contributed by atoms with Crippen LogP contribution in [-0.4, -0.2) is 28.6 Å². The molecule has 1 aliphatic heterocycles. The molecule has 31 heavy (non-hydrogen) atoms. The van der Waals surface area contributed by atoms with Crippen LogP contribution in [0.4, 0.5) is 0 Å². The van der Waals surface area contributed by atoms with Crippen LogP contribution in [0.3, 0.4) is 0 Å². The van der Waals surface area contributed by atoms with Crippen molar-refractivity contribution in [1.29, 1.82) is 0 Å². The van der Waals surface area contributed by atoms with Crippen molar-refractivity contribution in [3.8, 4) is 22.4 Å². The number of amides is 1. The highest BCUT2D eigenvalue weighted by molar-refractivity contribution is 5.91. The minimum atomic E-state index is -0.348. The highest BCUT2D eigenvalue weighted by Gasteiger charge is 2.32. The zero-order valence-corrected chi connectivity index (χ0v) is 16.8. The van der Waals surface area contributed by atoms with E-state index in [2.05, 4.69) is 22.4 Å². The molecule has 1 amide bonds. The van der Waals surface area contributed by atoms with Crippen LogP contribution in [0.25, 0.3) is 33.2 Å². The number of aliphatic hydroxyl groups excluding tert-OH is 1. The third kappa shape index (κ3) is 3.53. The average molecular weight is 410 g/mol. The molecule has 3 N–H and O–H groups in total. The van der Waals surface area contributed by atoms with Crippen LogP contribution in [0.1, 0.15) is 17.9 Å². The molecule has 0 bridgehead atoms. The van der Waals surface area contributed by atoms with E-state index in [1.165, 1.54) is 0 Å². The van der Waals surface area contributed by atoms with Gasteiger partial charge in [-0.1, -0.05) is 66.7 Å². The van der Waals surface area contributed by atoms with E-state index >= 15 is 0 Å². The van der Waals surface area contributed by atoms with E-state index in [0.29, 0.717) is 11.8 Å². The molecule has 5 nitrogen and oxygen atoms in total. The Morgan fingerprint density at radius 1 is 0.871 bits per heavy atom. The molecule has 1 unspecified atom stereocenters. The molecule has 2 heterocycles. The minimum absolute atomic E-state index is 0.0828. The number of carbonyl (C=O) groups is 1. The number of fused-ring (bicyclic) bond motifs is 1. The van der Waals surface area contributed by atoms with E-state index in [-0.39, 0.29) is 30.0 Å². The molecule has 0 saturated carbocycles. The quantitative estimate of drug-likeness (QED) is 0.478. The van der Waals surface area contributed by atoms with Crippen molar-refractivity contribution in [2.45, 2.75) is 18.4 Å². The Hall–Kier alpha value is -3.70. The summed E-state index contributed by atoms with van der Waals surface area (Å²) in [6.45, 7) is -0.0828. The van der Waals surface area contributed by atoms with Crippen LogP contribution in [0.2, 0.25) is 0 Å². The van der Waals surface area contributed by atoms with Crippen molar-refractivity contribution in [3.05, 3.63) is 94.8 Å². The number of aliphatic hydroxyl groups is 1. The molecule has 2 atom stereocenters. The van der Waals surface area contributed by atoms with Gasteiger partial charge in [0.2, 0.25) is 5.91 Å². The lowest BCUT2D eigenvalue weighted by Crippen LogP contribution is -2.28. The monoisotopic (exact) mass is 410 g/mol. The average Bonchev–Trinajstić information content (AvgIpc) is 3.20. The van der Waals surface area contributed by atoms with Gasteiger partial charge in [-0.25, -0.2) is 0 Å². The number of pyridine rings is 1. The first-order chi connectivity index (χ1) is 15.1. The molecule has 4 aromatic rings. The number of aromatic amines is 1. The molecule has 1 aliphatic rings. The molecule has 1 saturated heterocycles. The van der Waals surface area contributed by atoms with Crippen molar-refractivity contribution in [3.63, 3.8) is 0 Å². The van der Waals surface area contributed by atoms with Crippen LogP contribution >= 0.6 is 0 Å².